The first kappa shape index (κ1) is 32.4. The Kier molecular flexibility index (Phi) is 20.9. The third kappa shape index (κ3) is 16.7. The molecule has 0 aliphatic carbocycles. The smallest absolute Gasteiger partial charge is 0.232 e. The van der Waals surface area contributed by atoms with Gasteiger partial charge in [-0.25, -0.2) is 0 Å². The molecule has 1 rings (SSSR count). The summed E-state index contributed by atoms with van der Waals surface area (Å²) in [4.78, 5) is 0. The highest BCUT2D eigenvalue weighted by Gasteiger charge is 2.29. The maximum Gasteiger partial charge on any atom is 0.232 e. The molecule has 1 aromatic carbocycles. The number of hydrogen-bond acceptors (Lipinski definition) is 2. The first-order valence-electron chi connectivity index (χ1n) is 15.5. The fourth-order valence-corrected chi connectivity index (χ4v) is 7.64. The molecule has 0 N–H and O–H groups in total. The van der Waals surface area contributed by atoms with Crippen LogP contribution in [-0.4, -0.2) is 12.8 Å². The zero-order chi connectivity index (χ0) is 25.5. The Morgan fingerprint density at radius 2 is 1.09 bits per heavy atom. The van der Waals surface area contributed by atoms with Crippen molar-refractivity contribution in [2.24, 2.45) is 5.92 Å². The Morgan fingerprint density at radius 1 is 0.629 bits per heavy atom. The van der Waals surface area contributed by atoms with Crippen LogP contribution in [0.25, 0.3) is 0 Å². The number of benzene rings is 1. The number of rotatable bonds is 25. The van der Waals surface area contributed by atoms with Gasteiger partial charge in [0.15, 0.2) is 0 Å². The first-order chi connectivity index (χ1) is 17.2. The van der Waals surface area contributed by atoms with Gasteiger partial charge in [-0.2, -0.15) is 0 Å². The molecule has 0 radical (unpaired) electrons. The second-order valence-corrected chi connectivity index (χ2v) is 13.2. The maximum atomic E-state index is 13.9. The van der Waals surface area contributed by atoms with Crippen molar-refractivity contribution in [1.82, 2.24) is 0 Å². The highest BCUT2D eigenvalue weighted by atomic mass is 31.2. The van der Waals surface area contributed by atoms with Crippen molar-refractivity contribution in [2.45, 2.75) is 149 Å². The highest BCUT2D eigenvalue weighted by molar-refractivity contribution is 7.67. The monoisotopic (exact) mass is 506 g/mol. The first-order valence-corrected chi connectivity index (χ1v) is 17.3. The van der Waals surface area contributed by atoms with Crippen LogP contribution in [0.1, 0.15) is 149 Å². The van der Waals surface area contributed by atoms with E-state index in [1.54, 1.807) is 0 Å². The average Bonchev–Trinajstić information content (AvgIpc) is 2.89. The lowest BCUT2D eigenvalue weighted by molar-refractivity contribution is 0.301. The standard InChI is InChI=1S/C32H59O2P/c1-4-7-9-10-11-12-13-14-15-16-17-18-19-20-21-25-29-34-35(33,32-27-23-22-24-28-32)30-31(6-3)26-8-5-2/h22-24,27-28,31H,4-21,25-26,29-30H2,1-3H3. The van der Waals surface area contributed by atoms with E-state index in [0.717, 1.165) is 24.6 Å². The molecule has 0 saturated heterocycles. The van der Waals surface area contributed by atoms with Crippen molar-refractivity contribution in [2.75, 3.05) is 12.8 Å². The third-order valence-corrected chi connectivity index (χ3v) is 10.2. The molecule has 0 aromatic heterocycles. The van der Waals surface area contributed by atoms with Crippen LogP contribution < -0.4 is 5.30 Å². The Labute approximate surface area is 219 Å². The van der Waals surface area contributed by atoms with E-state index in [1.165, 1.54) is 109 Å². The van der Waals surface area contributed by atoms with Gasteiger partial charge in [-0.1, -0.05) is 155 Å². The summed E-state index contributed by atoms with van der Waals surface area (Å²) >= 11 is 0. The van der Waals surface area contributed by atoms with E-state index in [1.807, 2.05) is 30.3 Å². The fourth-order valence-electron chi connectivity index (χ4n) is 5.01. The Morgan fingerprint density at radius 3 is 1.54 bits per heavy atom. The van der Waals surface area contributed by atoms with Gasteiger partial charge < -0.3 is 4.52 Å². The van der Waals surface area contributed by atoms with Gasteiger partial charge in [-0.15, -0.1) is 0 Å². The van der Waals surface area contributed by atoms with Gasteiger partial charge in [0.2, 0.25) is 7.37 Å². The summed E-state index contributed by atoms with van der Waals surface area (Å²) in [6, 6.07) is 9.99. The topological polar surface area (TPSA) is 26.3 Å². The van der Waals surface area contributed by atoms with Crippen LogP contribution in [0.2, 0.25) is 0 Å². The summed E-state index contributed by atoms with van der Waals surface area (Å²) in [5.74, 6) is 0.492. The van der Waals surface area contributed by atoms with E-state index in [4.69, 9.17) is 4.52 Å². The zero-order valence-corrected chi connectivity index (χ0v) is 24.7. The van der Waals surface area contributed by atoms with Crippen molar-refractivity contribution in [3.8, 4) is 0 Å². The summed E-state index contributed by atoms with van der Waals surface area (Å²) in [6.07, 6.45) is 27.2. The van der Waals surface area contributed by atoms with E-state index in [9.17, 15) is 4.57 Å². The predicted octanol–water partition coefficient (Wildman–Crippen LogP) is 11.1. The van der Waals surface area contributed by atoms with Gasteiger partial charge in [0.05, 0.1) is 6.61 Å². The minimum absolute atomic E-state index is 0.492. The van der Waals surface area contributed by atoms with Gasteiger partial charge in [0.25, 0.3) is 0 Å². The quantitative estimate of drug-likeness (QED) is 0.0973. The van der Waals surface area contributed by atoms with Gasteiger partial charge >= 0.3 is 0 Å². The molecule has 3 heteroatoms. The SMILES string of the molecule is CCCCCCCCCCCCCCCCCCOP(=O)(CC(CC)CCCC)c1ccccc1. The Bertz CT molecular complexity index is 615. The molecule has 0 spiro atoms. The van der Waals surface area contributed by atoms with Gasteiger partial charge in [0.1, 0.15) is 0 Å². The summed E-state index contributed by atoms with van der Waals surface area (Å²) in [6.45, 7) is 7.38. The van der Waals surface area contributed by atoms with E-state index in [2.05, 4.69) is 20.8 Å². The van der Waals surface area contributed by atoms with Crippen molar-refractivity contribution in [3.63, 3.8) is 0 Å². The lowest BCUT2D eigenvalue weighted by Gasteiger charge is -2.24. The van der Waals surface area contributed by atoms with Crippen LogP contribution in [-0.2, 0) is 9.09 Å². The minimum Gasteiger partial charge on any atom is -0.325 e. The molecular weight excluding hydrogens is 447 g/mol. The van der Waals surface area contributed by atoms with Crippen LogP contribution in [0.5, 0.6) is 0 Å². The summed E-state index contributed by atoms with van der Waals surface area (Å²) in [7, 11) is -2.77. The molecule has 0 aliphatic heterocycles. The van der Waals surface area contributed by atoms with Crippen LogP contribution in [0.4, 0.5) is 0 Å². The van der Waals surface area contributed by atoms with Crippen LogP contribution in [0, 0.1) is 5.92 Å². The van der Waals surface area contributed by atoms with E-state index >= 15 is 0 Å². The van der Waals surface area contributed by atoms with Crippen LogP contribution in [0.15, 0.2) is 30.3 Å². The van der Waals surface area contributed by atoms with E-state index in [0.29, 0.717) is 18.7 Å². The predicted molar refractivity (Wildman–Crippen MR) is 157 cm³/mol. The second-order valence-electron chi connectivity index (χ2n) is 10.7. The minimum atomic E-state index is -2.77. The summed E-state index contributed by atoms with van der Waals surface area (Å²) < 4.78 is 20.1. The molecule has 0 bridgehead atoms. The van der Waals surface area contributed by atoms with Crippen molar-refractivity contribution in [1.29, 1.82) is 0 Å². The lowest BCUT2D eigenvalue weighted by Crippen LogP contribution is -2.16. The molecule has 0 saturated carbocycles. The second kappa shape index (κ2) is 22.6. The molecule has 1 aromatic rings. The molecule has 2 atom stereocenters. The molecule has 0 fully saturated rings. The third-order valence-electron chi connectivity index (χ3n) is 7.49. The largest absolute Gasteiger partial charge is 0.325 e. The molecular formula is C32H59O2P. The normalized spacial score (nSPS) is 14.1. The van der Waals surface area contributed by atoms with E-state index in [-0.39, 0.29) is 0 Å². The molecule has 35 heavy (non-hydrogen) atoms. The molecule has 2 nitrogen and oxygen atoms in total. The van der Waals surface area contributed by atoms with Gasteiger partial charge in [0, 0.05) is 11.5 Å². The van der Waals surface area contributed by atoms with Crippen LogP contribution in [0.3, 0.4) is 0 Å². The van der Waals surface area contributed by atoms with Gasteiger partial charge in [-0.05, 0) is 30.9 Å². The summed E-state index contributed by atoms with van der Waals surface area (Å²) in [5, 5.41) is 0.909. The molecule has 204 valence electrons. The fraction of sp³-hybridized carbons (Fsp3) is 0.812. The van der Waals surface area contributed by atoms with Crippen molar-refractivity contribution < 1.29 is 9.09 Å². The Hall–Kier alpha value is -0.590. The van der Waals surface area contributed by atoms with Gasteiger partial charge in [-0.3, -0.25) is 4.57 Å². The van der Waals surface area contributed by atoms with Crippen LogP contribution >= 0.6 is 7.37 Å². The van der Waals surface area contributed by atoms with E-state index < -0.39 is 7.37 Å². The average molecular weight is 507 g/mol. The van der Waals surface area contributed by atoms with Crippen molar-refractivity contribution in [3.05, 3.63) is 30.3 Å². The van der Waals surface area contributed by atoms with Crippen molar-refractivity contribution >= 4 is 12.7 Å². The zero-order valence-electron chi connectivity index (χ0n) is 23.8. The molecule has 2 unspecified atom stereocenters. The highest BCUT2D eigenvalue weighted by Crippen LogP contribution is 2.48. The Balaban J connectivity index is 2.13. The maximum absolute atomic E-state index is 13.9. The molecule has 0 aliphatic rings. The number of unbranched alkanes of at least 4 members (excludes halogenated alkanes) is 16. The lowest BCUT2D eigenvalue weighted by atomic mass is 10.0. The number of hydrogen-bond donors (Lipinski definition) is 0. The molecule has 0 amide bonds. The molecule has 0 heterocycles. The summed E-state index contributed by atoms with van der Waals surface area (Å²) in [5.41, 5.74) is 0.